The van der Waals surface area contributed by atoms with E-state index in [1.54, 1.807) is 7.11 Å². The number of methoxy groups -OCH3 is 1. The zero-order valence-corrected chi connectivity index (χ0v) is 15.3. The van der Waals surface area contributed by atoms with E-state index in [9.17, 15) is 0 Å². The maximum Gasteiger partial charge on any atom is 0.123 e. The van der Waals surface area contributed by atoms with Crippen LogP contribution in [0.25, 0.3) is 0 Å². The highest BCUT2D eigenvalue weighted by Gasteiger charge is 2.26. The fraction of sp³-hybridized carbons (Fsp3) is 0.400. The molecule has 0 saturated carbocycles. The van der Waals surface area contributed by atoms with Crippen LogP contribution in [0.3, 0.4) is 0 Å². The first-order chi connectivity index (χ1) is 11.8. The lowest BCUT2D eigenvalue weighted by molar-refractivity contribution is 0.151. The number of benzene rings is 2. The van der Waals surface area contributed by atoms with Crippen molar-refractivity contribution < 1.29 is 9.47 Å². The normalized spacial score (nSPS) is 19.6. The Morgan fingerprint density at radius 1 is 1.24 bits per heavy atom. The summed E-state index contributed by atoms with van der Waals surface area (Å²) in [6.07, 6.45) is 1.03. The molecule has 2 aromatic rings. The van der Waals surface area contributed by atoms with Gasteiger partial charge in [0.1, 0.15) is 11.5 Å². The van der Waals surface area contributed by atoms with E-state index in [1.807, 2.05) is 6.07 Å². The Labute approximate surface area is 155 Å². The van der Waals surface area contributed by atoms with Crippen molar-refractivity contribution in [3.05, 3.63) is 59.2 Å². The minimum Gasteiger partial charge on any atom is -0.496 e. The van der Waals surface area contributed by atoms with Crippen LogP contribution in [0.1, 0.15) is 22.7 Å². The quantitative estimate of drug-likeness (QED) is 0.907. The molecular weight excluding hydrogens is 336 g/mol. The largest absolute Gasteiger partial charge is 0.496 e. The molecule has 0 radical (unpaired) electrons. The molecule has 4 rings (SSSR count). The van der Waals surface area contributed by atoms with Crippen molar-refractivity contribution in [2.24, 2.45) is 0 Å². The molecule has 2 aliphatic heterocycles. The molecule has 0 aromatic heterocycles. The van der Waals surface area contributed by atoms with Crippen LogP contribution in [0, 0.1) is 0 Å². The van der Waals surface area contributed by atoms with Crippen LogP contribution >= 0.6 is 12.4 Å². The second-order valence-electron chi connectivity index (χ2n) is 6.47. The van der Waals surface area contributed by atoms with Crippen molar-refractivity contribution in [1.82, 2.24) is 10.2 Å². The first kappa shape index (κ1) is 18.1. The summed E-state index contributed by atoms with van der Waals surface area (Å²) in [7, 11) is 1.75. The predicted octanol–water partition coefficient (Wildman–Crippen LogP) is 3.20. The number of fused-ring (bicyclic) bond motifs is 1. The second kappa shape index (κ2) is 8.09. The van der Waals surface area contributed by atoms with Crippen LogP contribution in [-0.4, -0.2) is 38.3 Å². The third-order valence-corrected chi connectivity index (χ3v) is 4.99. The second-order valence-corrected chi connectivity index (χ2v) is 6.47. The first-order valence-corrected chi connectivity index (χ1v) is 8.67. The van der Waals surface area contributed by atoms with Crippen LogP contribution in [0.2, 0.25) is 0 Å². The molecule has 0 bridgehead atoms. The molecule has 25 heavy (non-hydrogen) atoms. The Morgan fingerprint density at radius 3 is 3.00 bits per heavy atom. The van der Waals surface area contributed by atoms with Crippen molar-refractivity contribution in [3.63, 3.8) is 0 Å². The minimum absolute atomic E-state index is 0. The standard InChI is InChI=1S/C20H24N2O2.ClH/c1-23-20-5-3-2-4-17(20)18-13-21-9-10-22(18)14-15-6-7-19-16(12-15)8-11-24-19;/h2-7,12,18,21H,8-11,13-14H2,1H3;1H. The Morgan fingerprint density at radius 2 is 2.12 bits per heavy atom. The maximum absolute atomic E-state index is 5.62. The smallest absolute Gasteiger partial charge is 0.123 e. The summed E-state index contributed by atoms with van der Waals surface area (Å²) in [4.78, 5) is 2.55. The van der Waals surface area contributed by atoms with Gasteiger partial charge < -0.3 is 14.8 Å². The van der Waals surface area contributed by atoms with Gasteiger partial charge in [0.05, 0.1) is 19.8 Å². The minimum atomic E-state index is 0. The zero-order valence-electron chi connectivity index (χ0n) is 14.5. The molecule has 0 aliphatic carbocycles. The Balaban J connectivity index is 0.00000182. The summed E-state index contributed by atoms with van der Waals surface area (Å²) in [5.41, 5.74) is 3.97. The average Bonchev–Trinajstić information content (AvgIpc) is 3.10. The average molecular weight is 361 g/mol. The third kappa shape index (κ3) is 3.76. The highest BCUT2D eigenvalue weighted by atomic mass is 35.5. The molecule has 2 heterocycles. The topological polar surface area (TPSA) is 33.7 Å². The van der Waals surface area contributed by atoms with Crippen molar-refractivity contribution in [2.45, 2.75) is 19.0 Å². The van der Waals surface area contributed by atoms with Gasteiger partial charge in [0, 0.05) is 38.2 Å². The van der Waals surface area contributed by atoms with E-state index >= 15 is 0 Å². The number of hydrogen-bond acceptors (Lipinski definition) is 4. The molecule has 4 nitrogen and oxygen atoms in total. The molecule has 1 atom stereocenters. The molecular formula is C20H25ClN2O2. The highest BCUT2D eigenvalue weighted by molar-refractivity contribution is 5.85. The number of halogens is 1. The summed E-state index contributed by atoms with van der Waals surface area (Å²) in [5.74, 6) is 2.03. The van der Waals surface area contributed by atoms with Gasteiger partial charge in [0.15, 0.2) is 0 Å². The lowest BCUT2D eigenvalue weighted by Crippen LogP contribution is -2.45. The Hall–Kier alpha value is -1.75. The number of para-hydroxylation sites is 1. The molecule has 5 heteroatoms. The van der Waals surface area contributed by atoms with E-state index < -0.39 is 0 Å². The van der Waals surface area contributed by atoms with E-state index in [1.165, 1.54) is 16.7 Å². The van der Waals surface area contributed by atoms with Crippen molar-refractivity contribution in [3.8, 4) is 11.5 Å². The van der Waals surface area contributed by atoms with Crippen LogP contribution in [0.15, 0.2) is 42.5 Å². The van der Waals surface area contributed by atoms with Crippen LogP contribution in [0.4, 0.5) is 0 Å². The van der Waals surface area contributed by atoms with E-state index in [0.717, 1.165) is 50.7 Å². The van der Waals surface area contributed by atoms with Gasteiger partial charge in [0.2, 0.25) is 0 Å². The number of piperazine rings is 1. The molecule has 0 amide bonds. The summed E-state index contributed by atoms with van der Waals surface area (Å²) in [6, 6.07) is 15.3. The van der Waals surface area contributed by atoms with Gasteiger partial charge in [-0.15, -0.1) is 12.4 Å². The third-order valence-electron chi connectivity index (χ3n) is 4.99. The van der Waals surface area contributed by atoms with E-state index in [2.05, 4.69) is 46.6 Å². The summed E-state index contributed by atoms with van der Waals surface area (Å²) >= 11 is 0. The Bertz CT molecular complexity index is 723. The van der Waals surface area contributed by atoms with Gasteiger partial charge in [-0.1, -0.05) is 30.3 Å². The lowest BCUT2D eigenvalue weighted by atomic mass is 10.0. The van der Waals surface area contributed by atoms with Gasteiger partial charge in [-0.25, -0.2) is 0 Å². The van der Waals surface area contributed by atoms with E-state index in [4.69, 9.17) is 9.47 Å². The summed E-state index contributed by atoms with van der Waals surface area (Å²) < 4.78 is 11.2. The monoisotopic (exact) mass is 360 g/mol. The molecule has 0 spiro atoms. The zero-order chi connectivity index (χ0) is 16.4. The molecule has 1 saturated heterocycles. The van der Waals surface area contributed by atoms with Crippen LogP contribution in [0.5, 0.6) is 11.5 Å². The highest BCUT2D eigenvalue weighted by Crippen LogP contribution is 2.32. The maximum atomic E-state index is 5.62. The van der Waals surface area contributed by atoms with Crippen molar-refractivity contribution in [1.29, 1.82) is 0 Å². The molecule has 2 aromatic carbocycles. The van der Waals surface area contributed by atoms with E-state index in [-0.39, 0.29) is 12.4 Å². The number of rotatable bonds is 4. The summed E-state index contributed by atoms with van der Waals surface area (Å²) in [5, 5.41) is 3.52. The molecule has 1 N–H and O–H groups in total. The predicted molar refractivity (Wildman–Crippen MR) is 102 cm³/mol. The van der Waals surface area contributed by atoms with Gasteiger partial charge >= 0.3 is 0 Å². The fourth-order valence-electron chi connectivity index (χ4n) is 3.76. The lowest BCUT2D eigenvalue weighted by Gasteiger charge is -2.37. The molecule has 2 aliphatic rings. The first-order valence-electron chi connectivity index (χ1n) is 8.67. The Kier molecular flexibility index (Phi) is 5.84. The van der Waals surface area contributed by atoms with Gasteiger partial charge in [-0.3, -0.25) is 4.90 Å². The van der Waals surface area contributed by atoms with Crippen LogP contribution < -0.4 is 14.8 Å². The molecule has 1 fully saturated rings. The number of hydrogen-bond donors (Lipinski definition) is 1. The fourth-order valence-corrected chi connectivity index (χ4v) is 3.76. The molecule has 134 valence electrons. The van der Waals surface area contributed by atoms with E-state index in [0.29, 0.717) is 6.04 Å². The van der Waals surface area contributed by atoms with Gasteiger partial charge in [-0.05, 0) is 23.3 Å². The van der Waals surface area contributed by atoms with Crippen molar-refractivity contribution >= 4 is 12.4 Å². The van der Waals surface area contributed by atoms with Gasteiger partial charge in [-0.2, -0.15) is 0 Å². The van der Waals surface area contributed by atoms with Crippen LogP contribution in [-0.2, 0) is 13.0 Å². The summed E-state index contributed by atoms with van der Waals surface area (Å²) in [6.45, 7) is 4.79. The number of nitrogens with one attached hydrogen (secondary N) is 1. The number of ether oxygens (including phenoxy) is 2. The SMILES string of the molecule is COc1ccccc1C1CNCCN1Cc1ccc2c(c1)CCO2.Cl. The van der Waals surface area contributed by atoms with Gasteiger partial charge in [0.25, 0.3) is 0 Å². The van der Waals surface area contributed by atoms with Crippen molar-refractivity contribution in [2.75, 3.05) is 33.4 Å². The number of nitrogens with zero attached hydrogens (tertiary/aromatic N) is 1. The molecule has 1 unspecified atom stereocenters.